The zero-order valence-electron chi connectivity index (χ0n) is 11.9. The maximum absolute atomic E-state index is 12.8. The summed E-state index contributed by atoms with van der Waals surface area (Å²) in [7, 11) is 0. The van der Waals surface area contributed by atoms with Crippen LogP contribution in [0.3, 0.4) is 0 Å². The molecule has 4 heteroatoms. The van der Waals surface area contributed by atoms with Crippen molar-refractivity contribution in [1.29, 1.82) is 0 Å². The predicted molar refractivity (Wildman–Crippen MR) is 73.1 cm³/mol. The molecule has 0 radical (unpaired) electrons. The van der Waals surface area contributed by atoms with Crippen LogP contribution in [0, 0.1) is 18.3 Å². The fraction of sp³-hybridized carbons (Fsp3) is 0.733. The van der Waals surface area contributed by atoms with Crippen LogP contribution in [-0.4, -0.2) is 34.3 Å². The molecule has 3 atom stereocenters. The van der Waals surface area contributed by atoms with Crippen molar-refractivity contribution < 1.29 is 9.59 Å². The van der Waals surface area contributed by atoms with Crippen LogP contribution in [0.25, 0.3) is 0 Å². The van der Waals surface area contributed by atoms with Crippen LogP contribution in [0.5, 0.6) is 0 Å². The summed E-state index contributed by atoms with van der Waals surface area (Å²) in [5.41, 5.74) is -0.757. The predicted octanol–water partition coefficient (Wildman–Crippen LogP) is 1.30. The zero-order valence-corrected chi connectivity index (χ0v) is 11.9. The molecule has 1 saturated heterocycles. The molecule has 4 nitrogen and oxygen atoms in total. The minimum Gasteiger partial charge on any atom is -0.340 e. The van der Waals surface area contributed by atoms with Crippen LogP contribution in [-0.2, 0) is 9.59 Å². The van der Waals surface area contributed by atoms with Gasteiger partial charge in [-0.3, -0.25) is 9.59 Å². The highest BCUT2D eigenvalue weighted by atomic mass is 16.2. The standard InChI is InChI=1S/C15H22N2O2/c1-5-11(6-2)17-12(7-3)13(18)16-15(4,14(17)19)10-8-9-10/h1,10-12H,6-9H2,2-4H3,(H,16,18). The van der Waals surface area contributed by atoms with E-state index in [9.17, 15) is 9.59 Å². The third-order valence-corrected chi connectivity index (χ3v) is 4.40. The van der Waals surface area contributed by atoms with E-state index in [4.69, 9.17) is 6.42 Å². The largest absolute Gasteiger partial charge is 0.340 e. The van der Waals surface area contributed by atoms with Crippen LogP contribution in [0.15, 0.2) is 0 Å². The Hall–Kier alpha value is -1.50. The molecule has 19 heavy (non-hydrogen) atoms. The van der Waals surface area contributed by atoms with Crippen LogP contribution in [0.1, 0.15) is 46.5 Å². The van der Waals surface area contributed by atoms with Crippen LogP contribution in [0.4, 0.5) is 0 Å². The number of rotatable bonds is 4. The van der Waals surface area contributed by atoms with Gasteiger partial charge in [-0.25, -0.2) is 0 Å². The number of hydrogen-bond acceptors (Lipinski definition) is 2. The normalized spacial score (nSPS) is 32.7. The molecule has 104 valence electrons. The maximum Gasteiger partial charge on any atom is 0.250 e. The lowest BCUT2D eigenvalue weighted by Crippen LogP contribution is -2.71. The quantitative estimate of drug-likeness (QED) is 0.776. The van der Waals surface area contributed by atoms with Crippen molar-refractivity contribution >= 4 is 11.8 Å². The molecular weight excluding hydrogens is 240 g/mol. The highest BCUT2D eigenvalue weighted by Gasteiger charge is 2.55. The Morgan fingerprint density at radius 2 is 2.11 bits per heavy atom. The molecule has 0 aromatic rings. The first kappa shape index (κ1) is 13.9. The Morgan fingerprint density at radius 3 is 2.53 bits per heavy atom. The summed E-state index contributed by atoms with van der Waals surface area (Å²) < 4.78 is 0. The lowest BCUT2D eigenvalue weighted by Gasteiger charge is -2.46. The minimum atomic E-state index is -0.757. The Kier molecular flexibility index (Phi) is 3.58. The zero-order chi connectivity index (χ0) is 14.2. The van der Waals surface area contributed by atoms with Gasteiger partial charge < -0.3 is 10.2 Å². The highest BCUT2D eigenvalue weighted by Crippen LogP contribution is 2.42. The van der Waals surface area contributed by atoms with E-state index in [1.165, 1.54) is 0 Å². The summed E-state index contributed by atoms with van der Waals surface area (Å²) in [4.78, 5) is 26.8. The van der Waals surface area contributed by atoms with Crippen LogP contribution in [0.2, 0.25) is 0 Å². The first-order valence-electron chi connectivity index (χ1n) is 7.10. The number of nitrogens with zero attached hydrogens (tertiary/aromatic N) is 1. The second-order valence-corrected chi connectivity index (χ2v) is 5.69. The van der Waals surface area contributed by atoms with E-state index < -0.39 is 11.6 Å². The fourth-order valence-corrected chi connectivity index (χ4v) is 3.00. The molecule has 1 heterocycles. The van der Waals surface area contributed by atoms with E-state index in [2.05, 4.69) is 11.2 Å². The molecule has 2 fully saturated rings. The molecule has 1 aliphatic heterocycles. The van der Waals surface area contributed by atoms with Crippen LogP contribution >= 0.6 is 0 Å². The Labute approximate surface area is 114 Å². The monoisotopic (exact) mass is 262 g/mol. The Morgan fingerprint density at radius 1 is 1.47 bits per heavy atom. The first-order chi connectivity index (χ1) is 8.99. The van der Waals surface area contributed by atoms with Crippen molar-refractivity contribution in [2.45, 2.75) is 64.1 Å². The van der Waals surface area contributed by atoms with Gasteiger partial charge in [0.15, 0.2) is 0 Å². The fourth-order valence-electron chi connectivity index (χ4n) is 3.00. The van der Waals surface area contributed by atoms with Crippen LogP contribution < -0.4 is 5.32 Å². The van der Waals surface area contributed by atoms with E-state index in [-0.39, 0.29) is 23.8 Å². The summed E-state index contributed by atoms with van der Waals surface area (Å²) in [5.74, 6) is 2.85. The summed E-state index contributed by atoms with van der Waals surface area (Å²) in [5, 5.41) is 2.94. The molecule has 2 rings (SSSR count). The number of carbonyl (C=O) groups is 2. The number of terminal acetylenes is 1. The smallest absolute Gasteiger partial charge is 0.250 e. The number of amides is 2. The van der Waals surface area contributed by atoms with Gasteiger partial charge in [0.25, 0.3) is 0 Å². The van der Waals surface area contributed by atoms with Gasteiger partial charge in [-0.05, 0) is 38.5 Å². The van der Waals surface area contributed by atoms with Crippen molar-refractivity contribution in [3.8, 4) is 12.3 Å². The number of nitrogens with one attached hydrogen (secondary N) is 1. The lowest BCUT2D eigenvalue weighted by molar-refractivity contribution is -0.157. The number of carbonyl (C=O) groups excluding carboxylic acids is 2. The van der Waals surface area contributed by atoms with Gasteiger partial charge in [0, 0.05) is 0 Å². The molecule has 1 saturated carbocycles. The Bertz CT molecular complexity index is 436. The van der Waals surface area contributed by atoms with Gasteiger partial charge in [-0.15, -0.1) is 6.42 Å². The summed E-state index contributed by atoms with van der Waals surface area (Å²) in [6.07, 6.45) is 8.81. The average molecular weight is 262 g/mol. The molecule has 2 aliphatic rings. The van der Waals surface area contributed by atoms with Crippen molar-refractivity contribution in [3.63, 3.8) is 0 Å². The summed E-state index contributed by atoms with van der Waals surface area (Å²) in [6, 6.07) is -0.720. The maximum atomic E-state index is 12.8. The van der Waals surface area contributed by atoms with Gasteiger partial charge in [-0.1, -0.05) is 19.8 Å². The summed E-state index contributed by atoms with van der Waals surface area (Å²) in [6.45, 7) is 5.70. The summed E-state index contributed by atoms with van der Waals surface area (Å²) >= 11 is 0. The number of hydrogen-bond donors (Lipinski definition) is 1. The highest BCUT2D eigenvalue weighted by molar-refractivity contribution is 6.00. The minimum absolute atomic E-state index is 0.00810. The third-order valence-electron chi connectivity index (χ3n) is 4.40. The molecule has 0 aromatic heterocycles. The molecule has 0 bridgehead atoms. The van der Waals surface area contributed by atoms with Gasteiger partial charge >= 0.3 is 0 Å². The van der Waals surface area contributed by atoms with E-state index in [0.29, 0.717) is 12.8 Å². The molecular formula is C15H22N2O2. The average Bonchev–Trinajstić information content (AvgIpc) is 3.21. The van der Waals surface area contributed by atoms with Gasteiger partial charge in [-0.2, -0.15) is 0 Å². The second kappa shape index (κ2) is 4.88. The van der Waals surface area contributed by atoms with Crippen molar-refractivity contribution in [3.05, 3.63) is 0 Å². The van der Waals surface area contributed by atoms with Gasteiger partial charge in [0.2, 0.25) is 11.8 Å². The van der Waals surface area contributed by atoms with E-state index in [1.807, 2.05) is 20.8 Å². The molecule has 0 aromatic carbocycles. The van der Waals surface area contributed by atoms with E-state index in [1.54, 1.807) is 4.90 Å². The van der Waals surface area contributed by atoms with Gasteiger partial charge in [0.1, 0.15) is 11.6 Å². The Balaban J connectivity index is 2.37. The molecule has 0 spiro atoms. The van der Waals surface area contributed by atoms with Gasteiger partial charge in [0.05, 0.1) is 6.04 Å². The molecule has 1 aliphatic carbocycles. The topological polar surface area (TPSA) is 49.4 Å². The third kappa shape index (κ3) is 2.11. The number of piperazine rings is 1. The van der Waals surface area contributed by atoms with Crippen molar-refractivity contribution in [2.24, 2.45) is 5.92 Å². The van der Waals surface area contributed by atoms with Crippen molar-refractivity contribution in [1.82, 2.24) is 10.2 Å². The first-order valence-corrected chi connectivity index (χ1v) is 7.10. The van der Waals surface area contributed by atoms with Crippen molar-refractivity contribution in [2.75, 3.05) is 0 Å². The molecule has 3 unspecified atom stereocenters. The molecule has 1 N–H and O–H groups in total. The van der Waals surface area contributed by atoms with E-state index >= 15 is 0 Å². The SMILES string of the molecule is C#CC(CC)N1C(=O)C(C)(C2CC2)NC(=O)C1CC. The molecule has 2 amide bonds. The van der Waals surface area contributed by atoms with E-state index in [0.717, 1.165) is 12.8 Å². The second-order valence-electron chi connectivity index (χ2n) is 5.69. The lowest BCUT2D eigenvalue weighted by atomic mass is 9.87.